The highest BCUT2D eigenvalue weighted by molar-refractivity contribution is 7.92. The molecule has 3 rings (SSSR count). The molecule has 0 saturated carbocycles. The number of halogens is 3. The van der Waals surface area contributed by atoms with E-state index in [1.165, 1.54) is 0 Å². The number of benzene rings is 2. The maximum absolute atomic E-state index is 14.9. The van der Waals surface area contributed by atoms with E-state index in [4.69, 9.17) is 16.3 Å². The summed E-state index contributed by atoms with van der Waals surface area (Å²) in [6.45, 7) is 1.40. The molecule has 34 heavy (non-hydrogen) atoms. The molecule has 1 aromatic heterocycles. The van der Waals surface area contributed by atoms with Crippen LogP contribution in [0.1, 0.15) is 0 Å². The maximum Gasteiger partial charge on any atom is 0.267 e. The maximum atomic E-state index is 14.9. The number of nitrogens with zero attached hydrogens (tertiary/aromatic N) is 3. The van der Waals surface area contributed by atoms with Crippen LogP contribution in [0.25, 0.3) is 0 Å². The highest BCUT2D eigenvalue weighted by Gasteiger charge is 2.23. The van der Waals surface area contributed by atoms with Crippen molar-refractivity contribution in [3.8, 4) is 5.75 Å². The van der Waals surface area contributed by atoms with Gasteiger partial charge < -0.3 is 20.3 Å². The van der Waals surface area contributed by atoms with Gasteiger partial charge >= 0.3 is 0 Å². The van der Waals surface area contributed by atoms with Crippen molar-refractivity contribution in [2.24, 2.45) is 0 Å². The fraction of sp³-hybridized carbons (Fsp3) is 0.238. The van der Waals surface area contributed by atoms with Gasteiger partial charge in [-0.3, -0.25) is 0 Å². The summed E-state index contributed by atoms with van der Waals surface area (Å²) < 4.78 is 60.4. The minimum atomic E-state index is -4.43. The summed E-state index contributed by atoms with van der Waals surface area (Å²) in [4.78, 5) is 8.28. The zero-order chi connectivity index (χ0) is 24.9. The number of likely N-dealkylation sites (N-methyl/N-ethyl adjacent to an activating group) is 2. The first-order valence-electron chi connectivity index (χ1n) is 9.95. The molecule has 182 valence electrons. The zero-order valence-corrected chi connectivity index (χ0v) is 20.1. The normalized spacial score (nSPS) is 11.2. The summed E-state index contributed by atoms with van der Waals surface area (Å²) in [5.74, 6) is -1.58. The van der Waals surface area contributed by atoms with Gasteiger partial charge in [-0.1, -0.05) is 11.6 Å². The standard InChI is InChI=1S/C21H23ClF2N6O3S/c1-25-6-7-30(2)19-8-14(33-3)4-5-17(19)28-18-10-16(24)20(9-15(18)22)34(31,32)29-21-26-11-13(23)12-27-21/h4-5,8-12,25,28H,6-7H2,1-3H3,(H,26,27,29). The average Bonchev–Trinajstić information content (AvgIpc) is 2.81. The van der Waals surface area contributed by atoms with Crippen LogP contribution >= 0.6 is 11.6 Å². The van der Waals surface area contributed by atoms with Gasteiger partial charge in [0.2, 0.25) is 5.95 Å². The molecule has 0 bridgehead atoms. The molecule has 0 aliphatic carbocycles. The van der Waals surface area contributed by atoms with Crippen molar-refractivity contribution < 1.29 is 21.9 Å². The van der Waals surface area contributed by atoms with E-state index >= 15 is 0 Å². The number of methoxy groups -OCH3 is 1. The minimum absolute atomic E-state index is 0.0403. The molecule has 9 nitrogen and oxygen atoms in total. The molecule has 0 fully saturated rings. The summed E-state index contributed by atoms with van der Waals surface area (Å²) in [7, 11) is 0.854. The Bertz CT molecular complexity index is 1260. The number of sulfonamides is 1. The van der Waals surface area contributed by atoms with Gasteiger partial charge in [0.15, 0.2) is 5.82 Å². The van der Waals surface area contributed by atoms with E-state index in [9.17, 15) is 17.2 Å². The first-order valence-corrected chi connectivity index (χ1v) is 11.8. The van der Waals surface area contributed by atoms with Crippen LogP contribution in [0.4, 0.5) is 31.8 Å². The predicted molar refractivity (Wildman–Crippen MR) is 128 cm³/mol. The summed E-state index contributed by atoms with van der Waals surface area (Å²) in [6.07, 6.45) is 1.56. The van der Waals surface area contributed by atoms with Crippen molar-refractivity contribution in [1.82, 2.24) is 15.3 Å². The molecule has 0 aliphatic rings. The fourth-order valence-corrected chi connectivity index (χ4v) is 4.30. The first kappa shape index (κ1) is 25.4. The highest BCUT2D eigenvalue weighted by Crippen LogP contribution is 2.36. The molecule has 0 unspecified atom stereocenters. The van der Waals surface area contributed by atoms with Gasteiger partial charge in [0.25, 0.3) is 10.0 Å². The molecular weight excluding hydrogens is 490 g/mol. The van der Waals surface area contributed by atoms with Gasteiger partial charge in [0.1, 0.15) is 16.5 Å². The van der Waals surface area contributed by atoms with E-state index in [0.717, 1.165) is 36.8 Å². The van der Waals surface area contributed by atoms with Crippen molar-refractivity contribution in [3.63, 3.8) is 0 Å². The topological polar surface area (TPSA) is 108 Å². The predicted octanol–water partition coefficient (Wildman–Crippen LogP) is 3.62. The molecule has 3 aromatic rings. The van der Waals surface area contributed by atoms with Crippen LogP contribution in [0.5, 0.6) is 5.75 Å². The summed E-state index contributed by atoms with van der Waals surface area (Å²) >= 11 is 6.30. The number of anilines is 4. The molecule has 0 spiro atoms. The Balaban J connectivity index is 1.91. The zero-order valence-electron chi connectivity index (χ0n) is 18.6. The number of ether oxygens (including phenoxy) is 1. The number of hydrogen-bond acceptors (Lipinski definition) is 8. The molecular formula is C21H23ClF2N6O3S. The van der Waals surface area contributed by atoms with Crippen LogP contribution in [-0.4, -0.2) is 52.7 Å². The van der Waals surface area contributed by atoms with Crippen LogP contribution in [0.2, 0.25) is 5.02 Å². The second-order valence-corrected chi connectivity index (χ2v) is 9.18. The molecule has 0 radical (unpaired) electrons. The van der Waals surface area contributed by atoms with Crippen LogP contribution in [-0.2, 0) is 10.0 Å². The SMILES string of the molecule is CNCCN(C)c1cc(OC)ccc1Nc1cc(F)c(S(=O)(=O)Nc2ncc(F)cn2)cc1Cl. The number of aromatic nitrogens is 2. The summed E-state index contributed by atoms with van der Waals surface area (Å²) in [6, 6.07) is 7.24. The van der Waals surface area contributed by atoms with Crippen molar-refractivity contribution >= 4 is 44.6 Å². The molecule has 0 aliphatic heterocycles. The second kappa shape index (κ2) is 10.8. The number of nitrogens with one attached hydrogen (secondary N) is 3. The van der Waals surface area contributed by atoms with Crippen LogP contribution in [0.15, 0.2) is 47.6 Å². The van der Waals surface area contributed by atoms with Crippen molar-refractivity contribution in [2.75, 3.05) is 49.2 Å². The van der Waals surface area contributed by atoms with Crippen molar-refractivity contribution in [3.05, 3.63) is 59.4 Å². The quantitative estimate of drug-likeness (QED) is 0.378. The van der Waals surface area contributed by atoms with Gasteiger partial charge in [0, 0.05) is 32.3 Å². The Morgan fingerprint density at radius 1 is 1.12 bits per heavy atom. The molecule has 1 heterocycles. The van der Waals surface area contributed by atoms with Crippen molar-refractivity contribution in [1.29, 1.82) is 0 Å². The lowest BCUT2D eigenvalue weighted by Crippen LogP contribution is -2.27. The van der Waals surface area contributed by atoms with E-state index in [2.05, 4.69) is 20.6 Å². The third-order valence-electron chi connectivity index (χ3n) is 4.74. The highest BCUT2D eigenvalue weighted by atomic mass is 35.5. The molecule has 3 N–H and O–H groups in total. The van der Waals surface area contributed by atoms with E-state index in [-0.39, 0.29) is 10.7 Å². The first-order chi connectivity index (χ1) is 16.1. The van der Waals surface area contributed by atoms with Gasteiger partial charge in [0.05, 0.1) is 41.6 Å². The smallest absolute Gasteiger partial charge is 0.267 e. The van der Waals surface area contributed by atoms with Gasteiger partial charge in [-0.15, -0.1) is 0 Å². The van der Waals surface area contributed by atoms with E-state index < -0.39 is 32.5 Å². The Morgan fingerprint density at radius 3 is 2.47 bits per heavy atom. The Hall–Kier alpha value is -3.22. The third kappa shape index (κ3) is 6.01. The molecule has 2 aromatic carbocycles. The average molecular weight is 513 g/mol. The van der Waals surface area contributed by atoms with Crippen LogP contribution in [0, 0.1) is 11.6 Å². The van der Waals surface area contributed by atoms with Crippen LogP contribution in [0.3, 0.4) is 0 Å². The lowest BCUT2D eigenvalue weighted by atomic mass is 10.2. The monoisotopic (exact) mass is 512 g/mol. The van der Waals surface area contributed by atoms with E-state index in [1.54, 1.807) is 19.2 Å². The molecule has 0 atom stereocenters. The molecule has 13 heteroatoms. The molecule has 0 saturated heterocycles. The van der Waals surface area contributed by atoms with E-state index in [0.29, 0.717) is 18.0 Å². The Morgan fingerprint density at radius 2 is 1.82 bits per heavy atom. The van der Waals surface area contributed by atoms with Crippen molar-refractivity contribution in [2.45, 2.75) is 4.90 Å². The van der Waals surface area contributed by atoms with Crippen LogP contribution < -0.4 is 25.0 Å². The van der Waals surface area contributed by atoms with Gasteiger partial charge in [-0.2, -0.15) is 0 Å². The Labute approximate surface area is 201 Å². The fourth-order valence-electron chi connectivity index (χ4n) is 2.98. The second-order valence-electron chi connectivity index (χ2n) is 7.13. The van der Waals surface area contributed by atoms with Gasteiger partial charge in [-0.05, 0) is 25.2 Å². The largest absolute Gasteiger partial charge is 0.497 e. The lowest BCUT2D eigenvalue weighted by molar-refractivity contribution is 0.415. The van der Waals surface area contributed by atoms with Gasteiger partial charge in [-0.25, -0.2) is 31.9 Å². The summed E-state index contributed by atoms with van der Waals surface area (Å²) in [5.41, 5.74) is 1.52. The minimum Gasteiger partial charge on any atom is -0.497 e. The molecule has 0 amide bonds. The summed E-state index contributed by atoms with van der Waals surface area (Å²) in [5, 5.41) is 6.08. The number of hydrogen-bond donors (Lipinski definition) is 3. The number of rotatable bonds is 10. The van der Waals surface area contributed by atoms with E-state index in [1.807, 2.05) is 29.8 Å². The third-order valence-corrected chi connectivity index (χ3v) is 6.40. The lowest BCUT2D eigenvalue weighted by Gasteiger charge is -2.24. The Kier molecular flexibility index (Phi) is 8.07.